The Morgan fingerprint density at radius 1 is 1.21 bits per heavy atom. The van der Waals surface area contributed by atoms with E-state index in [0.29, 0.717) is 11.5 Å². The molecule has 0 aromatic carbocycles. The summed E-state index contributed by atoms with van der Waals surface area (Å²) < 4.78 is 16.5. The molecule has 2 atom stereocenters. The highest BCUT2D eigenvalue weighted by atomic mass is 16.7. The Kier molecular flexibility index (Phi) is 3.79. The summed E-state index contributed by atoms with van der Waals surface area (Å²) in [6.45, 7) is 4.89. The second-order valence-corrected chi connectivity index (χ2v) is 9.70. The second kappa shape index (κ2) is 6.17. The van der Waals surface area contributed by atoms with Gasteiger partial charge in [0.1, 0.15) is 0 Å². The van der Waals surface area contributed by atoms with E-state index in [1.54, 1.807) is 0 Å². The Bertz CT molecular complexity index is 871. The van der Waals surface area contributed by atoms with Crippen LogP contribution in [0.15, 0.2) is 18.6 Å². The summed E-state index contributed by atoms with van der Waals surface area (Å²) in [5.74, 6) is 0. The molecule has 2 aromatic heterocycles. The van der Waals surface area contributed by atoms with Gasteiger partial charge in [0.15, 0.2) is 6.29 Å². The van der Waals surface area contributed by atoms with Crippen LogP contribution in [0.1, 0.15) is 70.0 Å². The Morgan fingerprint density at radius 2 is 2.11 bits per heavy atom. The first-order chi connectivity index (χ1) is 13.7. The quantitative estimate of drug-likeness (QED) is 0.800. The smallest absolute Gasteiger partial charge is 0.157 e. The number of hydrogen-bond acceptors (Lipinski definition) is 4. The van der Waals surface area contributed by atoms with Crippen molar-refractivity contribution in [3.8, 4) is 11.4 Å². The molecule has 0 radical (unpaired) electrons. The molecule has 1 saturated heterocycles. The van der Waals surface area contributed by atoms with Gasteiger partial charge in [-0.3, -0.25) is 4.68 Å². The highest BCUT2D eigenvalue weighted by Gasteiger charge is 2.56. The molecular formula is C22H30N4O2. The minimum Gasteiger partial charge on any atom is -0.353 e. The summed E-state index contributed by atoms with van der Waals surface area (Å²) in [6.07, 6.45) is 13.7. The van der Waals surface area contributed by atoms with E-state index < -0.39 is 0 Å². The van der Waals surface area contributed by atoms with Gasteiger partial charge in [-0.15, -0.1) is 0 Å². The van der Waals surface area contributed by atoms with Gasteiger partial charge in [0.05, 0.1) is 48.8 Å². The Labute approximate surface area is 166 Å². The number of rotatable bonds is 4. The average molecular weight is 383 g/mol. The number of aromatic nitrogens is 4. The third kappa shape index (κ3) is 2.53. The third-order valence-electron chi connectivity index (χ3n) is 7.86. The molecule has 3 fully saturated rings. The lowest BCUT2D eigenvalue weighted by atomic mass is 9.80. The van der Waals surface area contributed by atoms with Gasteiger partial charge >= 0.3 is 0 Å². The Balaban J connectivity index is 1.23. The summed E-state index contributed by atoms with van der Waals surface area (Å²) in [7, 11) is 0. The van der Waals surface area contributed by atoms with Crippen molar-refractivity contribution in [3.63, 3.8) is 0 Å². The molecule has 4 aliphatic rings. The molecule has 4 heterocycles. The lowest BCUT2D eigenvalue weighted by molar-refractivity contribution is -0.178. The van der Waals surface area contributed by atoms with E-state index in [-0.39, 0.29) is 11.7 Å². The van der Waals surface area contributed by atoms with Crippen molar-refractivity contribution in [1.82, 2.24) is 19.3 Å². The molecular weight excluding hydrogens is 352 g/mol. The zero-order valence-corrected chi connectivity index (χ0v) is 16.8. The fourth-order valence-corrected chi connectivity index (χ4v) is 6.20. The maximum atomic E-state index is 6.24. The van der Waals surface area contributed by atoms with Crippen molar-refractivity contribution in [3.05, 3.63) is 24.3 Å². The van der Waals surface area contributed by atoms with Crippen LogP contribution in [-0.2, 0) is 21.4 Å². The summed E-state index contributed by atoms with van der Waals surface area (Å²) in [4.78, 5) is 4.38. The van der Waals surface area contributed by atoms with Crippen LogP contribution in [0.3, 0.4) is 0 Å². The zero-order chi connectivity index (χ0) is 18.8. The number of hydrogen-bond donors (Lipinski definition) is 0. The van der Waals surface area contributed by atoms with Crippen molar-refractivity contribution in [2.45, 2.75) is 82.6 Å². The molecule has 0 amide bonds. The zero-order valence-electron chi connectivity index (χ0n) is 16.8. The highest BCUT2D eigenvalue weighted by molar-refractivity contribution is 5.57. The topological polar surface area (TPSA) is 54.1 Å². The van der Waals surface area contributed by atoms with Gasteiger partial charge in [0.2, 0.25) is 0 Å². The van der Waals surface area contributed by atoms with Crippen LogP contribution in [0.2, 0.25) is 0 Å². The third-order valence-corrected chi connectivity index (χ3v) is 7.86. The molecule has 6 rings (SSSR count). The SMILES string of the molecule is C[C@H]1Cn2nc(C34CCC(COC5CCCCO5)(CC3)C4)cc2-c2cncn21. The summed E-state index contributed by atoms with van der Waals surface area (Å²) >= 11 is 0. The van der Waals surface area contributed by atoms with E-state index in [0.717, 1.165) is 26.2 Å². The van der Waals surface area contributed by atoms with Crippen LogP contribution < -0.4 is 0 Å². The fraction of sp³-hybridized carbons (Fsp3) is 0.727. The van der Waals surface area contributed by atoms with Crippen molar-refractivity contribution in [2.75, 3.05) is 13.2 Å². The first-order valence-electron chi connectivity index (χ1n) is 11.0. The summed E-state index contributed by atoms with van der Waals surface area (Å²) in [5, 5.41) is 5.12. The first kappa shape index (κ1) is 17.2. The number of fused-ring (bicyclic) bond motifs is 5. The molecule has 2 aliphatic heterocycles. The van der Waals surface area contributed by atoms with Crippen LogP contribution >= 0.6 is 0 Å². The highest BCUT2D eigenvalue weighted by Crippen LogP contribution is 2.62. The average Bonchev–Trinajstić information content (AvgIpc) is 3.48. The van der Waals surface area contributed by atoms with E-state index in [2.05, 4.69) is 27.2 Å². The molecule has 1 unspecified atom stereocenters. The van der Waals surface area contributed by atoms with Gasteiger partial charge in [-0.2, -0.15) is 5.10 Å². The maximum absolute atomic E-state index is 6.24. The normalized spacial score (nSPS) is 36.5. The molecule has 2 bridgehead atoms. The maximum Gasteiger partial charge on any atom is 0.157 e. The summed E-state index contributed by atoms with van der Waals surface area (Å²) in [6, 6.07) is 2.76. The van der Waals surface area contributed by atoms with Crippen molar-refractivity contribution in [1.29, 1.82) is 0 Å². The molecule has 150 valence electrons. The molecule has 2 aromatic rings. The molecule has 6 heteroatoms. The van der Waals surface area contributed by atoms with Crippen molar-refractivity contribution < 1.29 is 9.47 Å². The largest absolute Gasteiger partial charge is 0.353 e. The Morgan fingerprint density at radius 3 is 2.93 bits per heavy atom. The summed E-state index contributed by atoms with van der Waals surface area (Å²) in [5.41, 5.74) is 4.32. The standard InChI is InChI=1S/C22H30N4O2/c1-16-12-26-17(18-11-23-15-25(16)18)10-19(24-26)22-7-5-21(13-22,6-8-22)14-28-20-4-2-3-9-27-20/h10-11,15-16,20H,2-9,12-14H2,1H3/t16-,20?,21?,22?/m0/s1. The lowest BCUT2D eigenvalue weighted by Gasteiger charge is -2.30. The van der Waals surface area contributed by atoms with E-state index in [4.69, 9.17) is 14.6 Å². The number of nitrogens with zero attached hydrogens (tertiary/aromatic N) is 4. The van der Waals surface area contributed by atoms with Gasteiger partial charge in [-0.1, -0.05) is 0 Å². The van der Waals surface area contributed by atoms with E-state index >= 15 is 0 Å². The van der Waals surface area contributed by atoms with Crippen LogP contribution in [-0.4, -0.2) is 38.8 Å². The van der Waals surface area contributed by atoms with Gasteiger partial charge in [-0.05, 0) is 69.8 Å². The number of ether oxygens (including phenoxy) is 2. The van der Waals surface area contributed by atoms with Gasteiger partial charge in [0.25, 0.3) is 0 Å². The predicted octanol–water partition coefficient (Wildman–Crippen LogP) is 4.07. The van der Waals surface area contributed by atoms with Crippen molar-refractivity contribution >= 4 is 0 Å². The van der Waals surface area contributed by atoms with Crippen LogP contribution in [0.5, 0.6) is 0 Å². The van der Waals surface area contributed by atoms with Gasteiger partial charge in [0, 0.05) is 12.0 Å². The minimum absolute atomic E-state index is 0.0282. The second-order valence-electron chi connectivity index (χ2n) is 9.70. The molecule has 28 heavy (non-hydrogen) atoms. The van der Waals surface area contributed by atoms with E-state index in [1.807, 2.05) is 12.5 Å². The molecule has 0 N–H and O–H groups in total. The van der Waals surface area contributed by atoms with E-state index in [1.165, 1.54) is 62.0 Å². The molecule has 6 nitrogen and oxygen atoms in total. The van der Waals surface area contributed by atoms with Gasteiger partial charge in [-0.25, -0.2) is 4.98 Å². The van der Waals surface area contributed by atoms with Crippen LogP contribution in [0, 0.1) is 5.41 Å². The first-order valence-corrected chi connectivity index (χ1v) is 11.0. The van der Waals surface area contributed by atoms with E-state index in [9.17, 15) is 0 Å². The number of imidazole rings is 1. The minimum atomic E-state index is 0.0282. The van der Waals surface area contributed by atoms with Crippen LogP contribution in [0.25, 0.3) is 11.4 Å². The Hall–Kier alpha value is -1.66. The fourth-order valence-electron chi connectivity index (χ4n) is 6.20. The van der Waals surface area contributed by atoms with Crippen molar-refractivity contribution in [2.24, 2.45) is 5.41 Å². The molecule has 2 saturated carbocycles. The molecule has 2 aliphatic carbocycles. The monoisotopic (exact) mass is 382 g/mol. The predicted molar refractivity (Wildman–Crippen MR) is 105 cm³/mol. The lowest BCUT2D eigenvalue weighted by Crippen LogP contribution is -2.29. The van der Waals surface area contributed by atoms with Gasteiger partial charge < -0.3 is 14.0 Å². The van der Waals surface area contributed by atoms with Crippen LogP contribution in [0.4, 0.5) is 0 Å². The molecule has 0 spiro atoms.